The molecule has 0 bridgehead atoms. The van der Waals surface area contributed by atoms with Crippen LogP contribution in [0.1, 0.15) is 22.3 Å². The molecule has 0 aromatic heterocycles. The van der Waals surface area contributed by atoms with E-state index in [9.17, 15) is 17.6 Å². The van der Waals surface area contributed by atoms with E-state index in [1.165, 1.54) is 42.5 Å². The Kier molecular flexibility index (Phi) is 6.27. The lowest BCUT2D eigenvalue weighted by molar-refractivity contribution is 0.0953. The van der Waals surface area contributed by atoms with Crippen LogP contribution in [0.25, 0.3) is 0 Å². The van der Waals surface area contributed by atoms with Crippen LogP contribution in [0.15, 0.2) is 47.4 Å². The minimum absolute atomic E-state index is 0.133. The van der Waals surface area contributed by atoms with E-state index >= 15 is 0 Å². The first-order valence-electron chi connectivity index (χ1n) is 7.66. The normalized spacial score (nSPS) is 10.8. The average molecular weight is 376 g/mol. The van der Waals surface area contributed by atoms with Crippen LogP contribution in [0.4, 0.5) is 10.1 Å². The van der Waals surface area contributed by atoms with Crippen molar-refractivity contribution in [3.8, 4) is 6.07 Å². The van der Waals surface area contributed by atoms with Crippen LogP contribution in [0.2, 0.25) is 0 Å². The molecule has 0 aliphatic heterocycles. The molecule has 4 N–H and O–H groups in total. The summed E-state index contributed by atoms with van der Waals surface area (Å²) in [5.74, 6) is -0.715. The highest BCUT2D eigenvalue weighted by molar-refractivity contribution is 7.89. The Morgan fingerprint density at radius 3 is 2.46 bits per heavy atom. The van der Waals surface area contributed by atoms with Gasteiger partial charge in [0.05, 0.1) is 16.1 Å². The van der Waals surface area contributed by atoms with Gasteiger partial charge in [0, 0.05) is 18.7 Å². The Morgan fingerprint density at radius 1 is 1.15 bits per heavy atom. The molecule has 2 aromatic rings. The highest BCUT2D eigenvalue weighted by Gasteiger charge is 2.11. The van der Waals surface area contributed by atoms with Gasteiger partial charge >= 0.3 is 0 Å². The largest absolute Gasteiger partial charge is 0.384 e. The van der Waals surface area contributed by atoms with E-state index < -0.39 is 15.8 Å². The molecule has 0 aliphatic carbocycles. The summed E-state index contributed by atoms with van der Waals surface area (Å²) in [6.45, 7) is 0.827. The topological polar surface area (TPSA) is 125 Å². The van der Waals surface area contributed by atoms with Crippen LogP contribution in [-0.4, -0.2) is 27.4 Å². The summed E-state index contributed by atoms with van der Waals surface area (Å²) in [6.07, 6.45) is 0.564. The Balaban J connectivity index is 1.84. The number of nitrogens with zero attached hydrogens (tertiary/aromatic N) is 1. The number of benzene rings is 2. The van der Waals surface area contributed by atoms with E-state index in [0.29, 0.717) is 30.8 Å². The van der Waals surface area contributed by atoms with E-state index in [4.69, 9.17) is 10.4 Å². The quantitative estimate of drug-likeness (QED) is 0.633. The highest BCUT2D eigenvalue weighted by atomic mass is 32.2. The van der Waals surface area contributed by atoms with E-state index in [0.717, 1.165) is 0 Å². The van der Waals surface area contributed by atoms with Gasteiger partial charge in [-0.05, 0) is 48.9 Å². The van der Waals surface area contributed by atoms with Crippen LogP contribution in [-0.2, 0) is 10.0 Å². The smallest absolute Gasteiger partial charge is 0.251 e. The number of carbonyl (C=O) groups is 1. The summed E-state index contributed by atoms with van der Waals surface area (Å²) >= 11 is 0. The summed E-state index contributed by atoms with van der Waals surface area (Å²) < 4.78 is 35.4. The fraction of sp³-hybridized carbons (Fsp3) is 0.176. The molecule has 0 atom stereocenters. The number of primary sulfonamides is 1. The Morgan fingerprint density at radius 2 is 1.85 bits per heavy atom. The molecule has 0 spiro atoms. The summed E-state index contributed by atoms with van der Waals surface area (Å²) in [5, 5.41) is 19.9. The number of hydrogen-bond acceptors (Lipinski definition) is 5. The standard InChI is InChI=1S/C17H17FN4O3S/c18-14-4-2-12(3-5-14)17(23)22-9-1-8-21-16-7-6-15(26(20,24)25)10-13(16)11-19/h2-7,10,21H,1,8-9H2,(H,22,23)(H2,20,24,25). The Hall–Kier alpha value is -2.96. The maximum Gasteiger partial charge on any atom is 0.251 e. The molecule has 0 fully saturated rings. The molecule has 0 saturated carbocycles. The predicted octanol–water partition coefficient (Wildman–Crippen LogP) is 1.58. The monoisotopic (exact) mass is 376 g/mol. The van der Waals surface area contributed by atoms with Crippen molar-refractivity contribution in [3.63, 3.8) is 0 Å². The van der Waals surface area contributed by atoms with Gasteiger partial charge in [-0.2, -0.15) is 5.26 Å². The molecule has 2 aromatic carbocycles. The van der Waals surface area contributed by atoms with E-state index in [-0.39, 0.29) is 16.4 Å². The number of hydrogen-bond donors (Lipinski definition) is 3. The van der Waals surface area contributed by atoms with Crippen molar-refractivity contribution >= 4 is 21.6 Å². The van der Waals surface area contributed by atoms with E-state index in [1.54, 1.807) is 0 Å². The number of carbonyl (C=O) groups excluding carboxylic acids is 1. The maximum absolute atomic E-state index is 12.8. The minimum atomic E-state index is -3.87. The Bertz CT molecular complexity index is 937. The second kappa shape index (κ2) is 8.42. The predicted molar refractivity (Wildman–Crippen MR) is 94.4 cm³/mol. The lowest BCUT2D eigenvalue weighted by atomic mass is 10.2. The van der Waals surface area contributed by atoms with Gasteiger partial charge in [0.15, 0.2) is 0 Å². The molecule has 0 saturated heterocycles. The van der Waals surface area contributed by atoms with Gasteiger partial charge in [-0.1, -0.05) is 0 Å². The summed E-state index contributed by atoms with van der Waals surface area (Å²) in [5.41, 5.74) is 1.00. The fourth-order valence-corrected chi connectivity index (χ4v) is 2.70. The van der Waals surface area contributed by atoms with Gasteiger partial charge in [0.1, 0.15) is 11.9 Å². The Labute approximate surface area is 150 Å². The summed E-state index contributed by atoms with van der Waals surface area (Å²) in [6, 6.07) is 11.1. The number of nitrogens with two attached hydrogens (primary N) is 1. The van der Waals surface area contributed by atoms with Crippen molar-refractivity contribution < 1.29 is 17.6 Å². The second-order valence-electron chi connectivity index (χ2n) is 5.41. The number of halogens is 1. The minimum Gasteiger partial charge on any atom is -0.384 e. The van der Waals surface area contributed by atoms with Crippen molar-refractivity contribution in [2.75, 3.05) is 18.4 Å². The number of nitriles is 1. The molecule has 0 unspecified atom stereocenters. The zero-order valence-corrected chi connectivity index (χ0v) is 14.5. The third-order valence-corrected chi connectivity index (χ3v) is 4.41. The van der Waals surface area contributed by atoms with Crippen LogP contribution >= 0.6 is 0 Å². The highest BCUT2D eigenvalue weighted by Crippen LogP contribution is 2.19. The van der Waals surface area contributed by atoms with Gasteiger partial charge in [-0.3, -0.25) is 4.79 Å². The first kappa shape index (κ1) is 19.4. The lowest BCUT2D eigenvalue weighted by Crippen LogP contribution is -2.25. The third-order valence-electron chi connectivity index (χ3n) is 3.50. The molecular formula is C17H17FN4O3S. The molecule has 136 valence electrons. The first-order valence-corrected chi connectivity index (χ1v) is 9.20. The van der Waals surface area contributed by atoms with Crippen molar-refractivity contribution in [1.29, 1.82) is 5.26 Å². The molecule has 9 heteroatoms. The molecule has 1 amide bonds. The fourth-order valence-electron chi connectivity index (χ4n) is 2.16. The van der Waals surface area contributed by atoms with E-state index in [1.807, 2.05) is 6.07 Å². The van der Waals surface area contributed by atoms with Gasteiger partial charge in [0.2, 0.25) is 10.0 Å². The van der Waals surface area contributed by atoms with Crippen molar-refractivity contribution in [2.45, 2.75) is 11.3 Å². The van der Waals surface area contributed by atoms with Crippen LogP contribution in [0.5, 0.6) is 0 Å². The van der Waals surface area contributed by atoms with Crippen LogP contribution < -0.4 is 15.8 Å². The van der Waals surface area contributed by atoms with Gasteiger partial charge in [-0.15, -0.1) is 0 Å². The number of sulfonamides is 1. The molecular weight excluding hydrogens is 359 g/mol. The molecule has 0 heterocycles. The van der Waals surface area contributed by atoms with Gasteiger partial charge < -0.3 is 10.6 Å². The first-order chi connectivity index (χ1) is 12.3. The lowest BCUT2D eigenvalue weighted by Gasteiger charge is -2.10. The van der Waals surface area contributed by atoms with E-state index in [2.05, 4.69) is 10.6 Å². The van der Waals surface area contributed by atoms with Gasteiger partial charge in [-0.25, -0.2) is 17.9 Å². The summed E-state index contributed by atoms with van der Waals surface area (Å²) in [7, 11) is -3.87. The van der Waals surface area contributed by atoms with Crippen LogP contribution in [0, 0.1) is 17.1 Å². The number of anilines is 1. The molecule has 7 nitrogen and oxygen atoms in total. The number of rotatable bonds is 7. The maximum atomic E-state index is 12.8. The van der Waals surface area contributed by atoms with Gasteiger partial charge in [0.25, 0.3) is 5.91 Å². The second-order valence-corrected chi connectivity index (χ2v) is 6.97. The zero-order valence-electron chi connectivity index (χ0n) is 13.7. The third kappa shape index (κ3) is 5.27. The molecule has 0 radical (unpaired) electrons. The van der Waals surface area contributed by atoms with Crippen molar-refractivity contribution in [3.05, 3.63) is 59.4 Å². The summed E-state index contributed by atoms with van der Waals surface area (Å²) in [4.78, 5) is 11.7. The average Bonchev–Trinajstić information content (AvgIpc) is 2.61. The molecule has 2 rings (SSSR count). The number of amides is 1. The van der Waals surface area contributed by atoms with Crippen molar-refractivity contribution in [1.82, 2.24) is 5.32 Å². The number of nitrogens with one attached hydrogen (secondary N) is 2. The van der Waals surface area contributed by atoms with Crippen LogP contribution in [0.3, 0.4) is 0 Å². The molecule has 0 aliphatic rings. The van der Waals surface area contributed by atoms with Crippen molar-refractivity contribution in [2.24, 2.45) is 5.14 Å². The SMILES string of the molecule is N#Cc1cc(S(N)(=O)=O)ccc1NCCCNC(=O)c1ccc(F)cc1. The zero-order chi connectivity index (χ0) is 19.2. The molecule has 26 heavy (non-hydrogen) atoms.